The van der Waals surface area contributed by atoms with E-state index in [2.05, 4.69) is 0 Å². The second-order valence-corrected chi connectivity index (χ2v) is 5.57. The summed E-state index contributed by atoms with van der Waals surface area (Å²) in [5.74, 6) is 0. The third kappa shape index (κ3) is 3.24. The van der Waals surface area contributed by atoms with E-state index >= 15 is 0 Å². The van der Waals surface area contributed by atoms with Crippen LogP contribution in [0.1, 0.15) is 5.56 Å². The minimum absolute atomic E-state index is 0.281. The molecule has 0 aromatic heterocycles. The van der Waals surface area contributed by atoms with Gasteiger partial charge in [0.05, 0.1) is 10.0 Å². The average Bonchev–Trinajstić information content (AvgIpc) is 2.34. The largest absolute Gasteiger partial charge is 0.303 e. The lowest BCUT2D eigenvalue weighted by atomic mass is 10.0. The zero-order valence-electron chi connectivity index (χ0n) is 9.59. The molecule has 0 spiro atoms. The summed E-state index contributed by atoms with van der Waals surface area (Å²) in [7, 11) is 0. The molecule has 0 amide bonds. The van der Waals surface area contributed by atoms with Crippen LogP contribution in [0, 0.1) is 0 Å². The molecule has 0 aliphatic carbocycles. The Labute approximate surface area is 131 Å². The lowest BCUT2D eigenvalue weighted by Gasteiger charge is -2.10. The number of hydrogen-bond acceptors (Lipinski definition) is 1. The number of halogens is 4. The van der Waals surface area contributed by atoms with Crippen LogP contribution in [-0.2, 0) is 11.2 Å². The fraction of sp³-hybridized carbons (Fsp3) is 0.0714. The summed E-state index contributed by atoms with van der Waals surface area (Å²) < 4.78 is 0. The SMILES string of the molecule is O=CCc1cc(Cl)cc(-c2c(Cl)ccc(Cl)c2Cl)c1. The van der Waals surface area contributed by atoms with E-state index in [9.17, 15) is 4.79 Å². The molecule has 0 saturated carbocycles. The minimum atomic E-state index is 0.281. The molecular weight excluding hydrogens is 326 g/mol. The molecule has 0 fully saturated rings. The Hall–Kier alpha value is -0.730. The molecule has 0 N–H and O–H groups in total. The minimum Gasteiger partial charge on any atom is -0.303 e. The number of aldehydes is 1. The van der Waals surface area contributed by atoms with Crippen LogP contribution >= 0.6 is 46.4 Å². The highest BCUT2D eigenvalue weighted by Gasteiger charge is 2.13. The van der Waals surface area contributed by atoms with Crippen molar-refractivity contribution in [1.82, 2.24) is 0 Å². The van der Waals surface area contributed by atoms with Gasteiger partial charge in [0.15, 0.2) is 0 Å². The summed E-state index contributed by atoms with van der Waals surface area (Å²) in [6, 6.07) is 8.59. The van der Waals surface area contributed by atoms with E-state index in [1.807, 2.05) is 6.07 Å². The normalized spacial score (nSPS) is 10.5. The lowest BCUT2D eigenvalue weighted by molar-refractivity contribution is -0.107. The fourth-order valence-electron chi connectivity index (χ4n) is 1.80. The predicted molar refractivity (Wildman–Crippen MR) is 81.7 cm³/mol. The Morgan fingerprint density at radius 3 is 2.32 bits per heavy atom. The van der Waals surface area contributed by atoms with Gasteiger partial charge in [0.2, 0.25) is 0 Å². The molecule has 0 unspecified atom stereocenters. The van der Waals surface area contributed by atoms with Gasteiger partial charge in [0, 0.05) is 22.0 Å². The van der Waals surface area contributed by atoms with Gasteiger partial charge in [-0.1, -0.05) is 52.5 Å². The topological polar surface area (TPSA) is 17.1 Å². The van der Waals surface area contributed by atoms with E-state index in [1.54, 1.807) is 24.3 Å². The Bertz CT molecular complexity index is 638. The van der Waals surface area contributed by atoms with E-state index in [0.29, 0.717) is 25.7 Å². The van der Waals surface area contributed by atoms with Crippen LogP contribution in [0.25, 0.3) is 11.1 Å². The van der Waals surface area contributed by atoms with Crippen molar-refractivity contribution in [1.29, 1.82) is 0 Å². The van der Waals surface area contributed by atoms with Crippen molar-refractivity contribution >= 4 is 52.7 Å². The maximum atomic E-state index is 10.6. The quantitative estimate of drug-likeness (QED) is 0.519. The Morgan fingerprint density at radius 2 is 1.63 bits per heavy atom. The van der Waals surface area contributed by atoms with Gasteiger partial charge in [-0.2, -0.15) is 0 Å². The van der Waals surface area contributed by atoms with Gasteiger partial charge >= 0.3 is 0 Å². The average molecular weight is 334 g/mol. The van der Waals surface area contributed by atoms with E-state index in [4.69, 9.17) is 46.4 Å². The van der Waals surface area contributed by atoms with Gasteiger partial charge in [-0.25, -0.2) is 0 Å². The molecule has 0 aliphatic heterocycles. The van der Waals surface area contributed by atoms with Crippen molar-refractivity contribution in [3.05, 3.63) is 56.0 Å². The van der Waals surface area contributed by atoms with Gasteiger partial charge in [0.25, 0.3) is 0 Å². The number of carbonyl (C=O) groups excluding carboxylic acids is 1. The Kier molecular flexibility index (Phi) is 4.75. The van der Waals surface area contributed by atoms with Crippen LogP contribution in [0.3, 0.4) is 0 Å². The highest BCUT2D eigenvalue weighted by Crippen LogP contribution is 2.40. The molecule has 5 heteroatoms. The molecule has 98 valence electrons. The first-order chi connectivity index (χ1) is 9.02. The first-order valence-corrected chi connectivity index (χ1v) is 6.91. The molecule has 0 atom stereocenters. The second-order valence-electron chi connectivity index (χ2n) is 3.94. The summed E-state index contributed by atoms with van der Waals surface area (Å²) in [5.41, 5.74) is 2.15. The molecule has 2 aromatic rings. The molecule has 0 radical (unpaired) electrons. The molecular formula is C14H8Cl4O. The first kappa shape index (κ1) is 14.7. The maximum absolute atomic E-state index is 10.6. The molecule has 0 saturated heterocycles. The van der Waals surface area contributed by atoms with Crippen LogP contribution in [0.2, 0.25) is 20.1 Å². The Balaban J connectivity index is 2.65. The summed E-state index contributed by atoms with van der Waals surface area (Å²) in [6.45, 7) is 0. The number of carbonyl (C=O) groups is 1. The standard InChI is InChI=1S/C14H8Cl4O/c15-10-6-8(3-4-19)5-9(7-10)13-11(16)1-2-12(17)14(13)18/h1-2,4-7H,3H2. The van der Waals surface area contributed by atoms with Gasteiger partial charge in [-0.3, -0.25) is 0 Å². The molecule has 1 nitrogen and oxygen atoms in total. The summed E-state index contributed by atoms with van der Waals surface area (Å²) in [5, 5.41) is 1.78. The van der Waals surface area contributed by atoms with E-state index in [1.165, 1.54) is 0 Å². The summed E-state index contributed by atoms with van der Waals surface area (Å²) in [4.78, 5) is 10.6. The highest BCUT2D eigenvalue weighted by molar-refractivity contribution is 6.46. The molecule has 0 aliphatic rings. The third-order valence-corrected chi connectivity index (χ3v) is 3.95. The van der Waals surface area contributed by atoms with Crippen molar-refractivity contribution in [3.8, 4) is 11.1 Å². The van der Waals surface area contributed by atoms with Gasteiger partial charge in [-0.05, 0) is 35.4 Å². The van der Waals surface area contributed by atoms with Crippen molar-refractivity contribution in [2.45, 2.75) is 6.42 Å². The van der Waals surface area contributed by atoms with Crippen molar-refractivity contribution in [2.24, 2.45) is 0 Å². The predicted octanol–water partition coefficient (Wildman–Crippen LogP) is 5.71. The molecule has 2 aromatic carbocycles. The summed E-state index contributed by atoms with van der Waals surface area (Å²) in [6.07, 6.45) is 1.10. The van der Waals surface area contributed by atoms with Crippen molar-refractivity contribution in [2.75, 3.05) is 0 Å². The van der Waals surface area contributed by atoms with Crippen LogP contribution < -0.4 is 0 Å². The zero-order valence-corrected chi connectivity index (χ0v) is 12.6. The zero-order chi connectivity index (χ0) is 14.0. The lowest BCUT2D eigenvalue weighted by Crippen LogP contribution is -1.89. The van der Waals surface area contributed by atoms with E-state index < -0.39 is 0 Å². The van der Waals surface area contributed by atoms with E-state index in [-0.39, 0.29) is 6.42 Å². The smallest absolute Gasteiger partial charge is 0.124 e. The monoisotopic (exact) mass is 332 g/mol. The van der Waals surface area contributed by atoms with Crippen molar-refractivity contribution in [3.63, 3.8) is 0 Å². The van der Waals surface area contributed by atoms with Gasteiger partial charge in [0.1, 0.15) is 6.29 Å². The second kappa shape index (κ2) is 6.15. The highest BCUT2D eigenvalue weighted by atomic mass is 35.5. The molecule has 0 heterocycles. The van der Waals surface area contributed by atoms with Crippen molar-refractivity contribution < 1.29 is 4.79 Å². The van der Waals surface area contributed by atoms with Gasteiger partial charge in [-0.15, -0.1) is 0 Å². The number of benzene rings is 2. The maximum Gasteiger partial charge on any atom is 0.124 e. The fourth-order valence-corrected chi connectivity index (χ4v) is 2.80. The summed E-state index contributed by atoms with van der Waals surface area (Å²) >= 11 is 24.4. The van der Waals surface area contributed by atoms with Gasteiger partial charge < -0.3 is 4.79 Å². The van der Waals surface area contributed by atoms with Crippen LogP contribution in [0.4, 0.5) is 0 Å². The van der Waals surface area contributed by atoms with Crippen LogP contribution in [0.5, 0.6) is 0 Å². The van der Waals surface area contributed by atoms with Crippen LogP contribution in [0.15, 0.2) is 30.3 Å². The Morgan fingerprint density at radius 1 is 0.947 bits per heavy atom. The number of hydrogen-bond donors (Lipinski definition) is 0. The molecule has 0 bridgehead atoms. The number of rotatable bonds is 3. The molecule has 19 heavy (non-hydrogen) atoms. The molecule has 2 rings (SSSR count). The van der Waals surface area contributed by atoms with Crippen LogP contribution in [-0.4, -0.2) is 6.29 Å². The van der Waals surface area contributed by atoms with E-state index in [0.717, 1.165) is 17.4 Å². The third-order valence-electron chi connectivity index (χ3n) is 2.61. The first-order valence-electron chi connectivity index (χ1n) is 5.40.